The zero-order valence-electron chi connectivity index (χ0n) is 10.4. The lowest BCUT2D eigenvalue weighted by atomic mass is 10.2. The van der Waals surface area contributed by atoms with Crippen LogP contribution in [0.3, 0.4) is 0 Å². The van der Waals surface area contributed by atoms with Gasteiger partial charge in [-0.05, 0) is 12.6 Å². The van der Waals surface area contributed by atoms with Crippen molar-refractivity contribution in [3.8, 4) is 11.6 Å². The highest BCUT2D eigenvalue weighted by atomic mass is 35.5. The highest BCUT2D eigenvalue weighted by Crippen LogP contribution is 2.24. The maximum absolute atomic E-state index is 13.2. The maximum Gasteiger partial charge on any atom is 0.223 e. The van der Waals surface area contributed by atoms with Crippen molar-refractivity contribution in [2.24, 2.45) is 0 Å². The monoisotopic (exact) mass is 281 g/mol. The second kappa shape index (κ2) is 6.45. The van der Waals surface area contributed by atoms with Gasteiger partial charge in [0.2, 0.25) is 5.88 Å². The van der Waals surface area contributed by atoms with E-state index in [2.05, 4.69) is 15.3 Å². The number of hydrogen-bond donors (Lipinski definition) is 1. The zero-order chi connectivity index (χ0) is 13.7. The molecule has 0 aromatic carbocycles. The molecular formula is C13H13ClFN3O. The van der Waals surface area contributed by atoms with Gasteiger partial charge in [0.05, 0.1) is 17.4 Å². The van der Waals surface area contributed by atoms with E-state index < -0.39 is 5.82 Å². The van der Waals surface area contributed by atoms with Crippen molar-refractivity contribution in [3.05, 3.63) is 47.1 Å². The molecule has 0 radical (unpaired) electrons. The first kappa shape index (κ1) is 13.7. The van der Waals surface area contributed by atoms with Crippen LogP contribution in [0.2, 0.25) is 5.02 Å². The van der Waals surface area contributed by atoms with Crippen molar-refractivity contribution in [2.45, 2.75) is 13.5 Å². The Bertz CT molecular complexity index is 565. The van der Waals surface area contributed by atoms with Crippen molar-refractivity contribution in [1.82, 2.24) is 15.3 Å². The van der Waals surface area contributed by atoms with Crippen LogP contribution in [0.5, 0.6) is 11.6 Å². The first-order valence-corrected chi connectivity index (χ1v) is 6.20. The van der Waals surface area contributed by atoms with E-state index in [1.807, 2.05) is 6.92 Å². The van der Waals surface area contributed by atoms with Gasteiger partial charge >= 0.3 is 0 Å². The summed E-state index contributed by atoms with van der Waals surface area (Å²) in [4.78, 5) is 7.86. The number of aromatic nitrogens is 2. The van der Waals surface area contributed by atoms with Crippen molar-refractivity contribution >= 4 is 11.6 Å². The molecule has 2 heterocycles. The Hall–Kier alpha value is -1.72. The van der Waals surface area contributed by atoms with E-state index in [0.29, 0.717) is 28.8 Å². The SMILES string of the molecule is CCNCc1cc(F)cnc1Oc1cncc(Cl)c1. The van der Waals surface area contributed by atoms with Gasteiger partial charge in [-0.15, -0.1) is 0 Å². The van der Waals surface area contributed by atoms with E-state index >= 15 is 0 Å². The Kier molecular flexibility index (Phi) is 4.65. The lowest BCUT2D eigenvalue weighted by molar-refractivity contribution is 0.447. The molecule has 0 spiro atoms. The summed E-state index contributed by atoms with van der Waals surface area (Å²) in [7, 11) is 0. The third-order valence-electron chi connectivity index (χ3n) is 2.35. The van der Waals surface area contributed by atoms with Crippen molar-refractivity contribution < 1.29 is 9.13 Å². The molecule has 0 bridgehead atoms. The first-order chi connectivity index (χ1) is 9.19. The van der Waals surface area contributed by atoms with Crippen LogP contribution in [0.15, 0.2) is 30.7 Å². The Morgan fingerprint density at radius 3 is 2.89 bits per heavy atom. The third kappa shape index (κ3) is 3.87. The van der Waals surface area contributed by atoms with Gasteiger partial charge in [0.15, 0.2) is 0 Å². The molecule has 0 aliphatic rings. The Balaban J connectivity index is 2.23. The summed E-state index contributed by atoms with van der Waals surface area (Å²) in [5, 5.41) is 3.57. The minimum absolute atomic E-state index is 0.339. The number of ether oxygens (including phenoxy) is 1. The van der Waals surface area contributed by atoms with Crippen LogP contribution in [-0.2, 0) is 6.54 Å². The van der Waals surface area contributed by atoms with Gasteiger partial charge in [0, 0.05) is 24.4 Å². The van der Waals surface area contributed by atoms with E-state index in [1.54, 1.807) is 6.07 Å². The van der Waals surface area contributed by atoms with Crippen LogP contribution in [0, 0.1) is 5.82 Å². The van der Waals surface area contributed by atoms with Crippen LogP contribution in [0.1, 0.15) is 12.5 Å². The summed E-state index contributed by atoms with van der Waals surface area (Å²) >= 11 is 5.82. The van der Waals surface area contributed by atoms with Crippen LogP contribution in [-0.4, -0.2) is 16.5 Å². The van der Waals surface area contributed by atoms with Gasteiger partial charge in [0.25, 0.3) is 0 Å². The minimum atomic E-state index is -0.399. The van der Waals surface area contributed by atoms with Crippen LogP contribution in [0.25, 0.3) is 0 Å². The fourth-order valence-corrected chi connectivity index (χ4v) is 1.67. The fourth-order valence-electron chi connectivity index (χ4n) is 1.51. The van der Waals surface area contributed by atoms with Gasteiger partial charge < -0.3 is 10.1 Å². The molecule has 2 rings (SSSR count). The number of rotatable bonds is 5. The topological polar surface area (TPSA) is 47.0 Å². The summed E-state index contributed by atoms with van der Waals surface area (Å²) in [6, 6.07) is 3.01. The molecule has 0 amide bonds. The average molecular weight is 282 g/mol. The summed E-state index contributed by atoms with van der Waals surface area (Å²) in [5.41, 5.74) is 0.641. The van der Waals surface area contributed by atoms with Crippen molar-refractivity contribution in [1.29, 1.82) is 0 Å². The van der Waals surface area contributed by atoms with E-state index in [1.165, 1.54) is 18.5 Å². The van der Waals surface area contributed by atoms with Gasteiger partial charge in [-0.2, -0.15) is 0 Å². The molecule has 0 saturated carbocycles. The molecule has 0 fully saturated rings. The summed E-state index contributed by atoms with van der Waals surface area (Å²) in [6.07, 6.45) is 4.14. The molecule has 2 aromatic heterocycles. The van der Waals surface area contributed by atoms with Gasteiger partial charge in [-0.1, -0.05) is 18.5 Å². The van der Waals surface area contributed by atoms with Gasteiger partial charge in [-0.25, -0.2) is 9.37 Å². The molecule has 0 aliphatic carbocycles. The Labute approximate surface area is 115 Å². The maximum atomic E-state index is 13.2. The smallest absolute Gasteiger partial charge is 0.223 e. The number of nitrogens with one attached hydrogen (secondary N) is 1. The molecule has 0 aliphatic heterocycles. The number of pyridine rings is 2. The highest BCUT2D eigenvalue weighted by molar-refractivity contribution is 6.30. The summed E-state index contributed by atoms with van der Waals surface area (Å²) in [5.74, 6) is 0.403. The summed E-state index contributed by atoms with van der Waals surface area (Å²) in [6.45, 7) is 3.22. The van der Waals surface area contributed by atoms with Crippen LogP contribution < -0.4 is 10.1 Å². The third-order valence-corrected chi connectivity index (χ3v) is 2.56. The van der Waals surface area contributed by atoms with E-state index in [0.717, 1.165) is 12.7 Å². The molecule has 0 saturated heterocycles. The molecule has 0 atom stereocenters. The van der Waals surface area contributed by atoms with Crippen LogP contribution in [0.4, 0.5) is 4.39 Å². The van der Waals surface area contributed by atoms with Crippen molar-refractivity contribution in [3.63, 3.8) is 0 Å². The quantitative estimate of drug-likeness (QED) is 0.914. The van der Waals surface area contributed by atoms with E-state index in [9.17, 15) is 4.39 Å². The second-order valence-electron chi connectivity index (χ2n) is 3.84. The molecule has 100 valence electrons. The van der Waals surface area contributed by atoms with Crippen molar-refractivity contribution in [2.75, 3.05) is 6.54 Å². The lowest BCUT2D eigenvalue weighted by Gasteiger charge is -2.10. The average Bonchev–Trinajstić information content (AvgIpc) is 2.39. The number of nitrogens with zero attached hydrogens (tertiary/aromatic N) is 2. The largest absolute Gasteiger partial charge is 0.437 e. The van der Waals surface area contributed by atoms with Crippen LogP contribution >= 0.6 is 11.6 Å². The Morgan fingerprint density at radius 2 is 2.16 bits per heavy atom. The van der Waals surface area contributed by atoms with Gasteiger partial charge in [0.1, 0.15) is 11.6 Å². The fraction of sp³-hybridized carbons (Fsp3) is 0.231. The number of halogens is 2. The summed E-state index contributed by atoms with van der Waals surface area (Å²) < 4.78 is 18.8. The standard InChI is InChI=1S/C13H13ClFN3O/c1-2-16-5-9-3-11(15)7-18-13(9)19-12-4-10(14)6-17-8-12/h3-4,6-8,16H,2,5H2,1H3. The second-order valence-corrected chi connectivity index (χ2v) is 4.28. The normalized spacial score (nSPS) is 10.5. The molecular weight excluding hydrogens is 269 g/mol. The molecule has 0 unspecified atom stereocenters. The highest BCUT2D eigenvalue weighted by Gasteiger charge is 2.08. The lowest BCUT2D eigenvalue weighted by Crippen LogP contribution is -2.13. The first-order valence-electron chi connectivity index (χ1n) is 5.82. The molecule has 6 heteroatoms. The molecule has 4 nitrogen and oxygen atoms in total. The molecule has 1 N–H and O–H groups in total. The Morgan fingerprint density at radius 1 is 1.32 bits per heavy atom. The van der Waals surface area contributed by atoms with Gasteiger partial charge in [-0.3, -0.25) is 4.98 Å². The minimum Gasteiger partial charge on any atom is -0.437 e. The zero-order valence-corrected chi connectivity index (χ0v) is 11.1. The van der Waals surface area contributed by atoms with E-state index in [-0.39, 0.29) is 0 Å². The molecule has 19 heavy (non-hydrogen) atoms. The van der Waals surface area contributed by atoms with E-state index in [4.69, 9.17) is 16.3 Å². The predicted octanol–water partition coefficient (Wildman–Crippen LogP) is 3.17. The molecule has 2 aromatic rings. The predicted molar refractivity (Wildman–Crippen MR) is 70.9 cm³/mol. The number of hydrogen-bond acceptors (Lipinski definition) is 4.